The maximum Gasteiger partial charge on any atom is 0.272 e. The number of anilines is 1. The molecule has 0 bridgehead atoms. The summed E-state index contributed by atoms with van der Waals surface area (Å²) in [5.41, 5.74) is 0.200. The molecule has 1 fully saturated rings. The minimum atomic E-state index is -0.593. The summed E-state index contributed by atoms with van der Waals surface area (Å²) in [6.45, 7) is 3.88. The Morgan fingerprint density at radius 2 is 2.05 bits per heavy atom. The summed E-state index contributed by atoms with van der Waals surface area (Å²) in [5.74, 6) is 2.06. The number of benzene rings is 1. The van der Waals surface area contributed by atoms with Crippen LogP contribution in [0.5, 0.6) is 0 Å². The molecule has 1 heterocycles. The van der Waals surface area contributed by atoms with Crippen LogP contribution in [0.25, 0.3) is 0 Å². The summed E-state index contributed by atoms with van der Waals surface area (Å²) in [6.07, 6.45) is 5.94. The van der Waals surface area contributed by atoms with E-state index in [0.29, 0.717) is 25.2 Å². The lowest BCUT2D eigenvalue weighted by atomic mass is 10.2. The SMILES string of the molecule is C#CCCN1CCN(c2ccc([N+](=O)[O-])cc2F)CC1. The van der Waals surface area contributed by atoms with Crippen molar-refractivity contribution in [3.8, 4) is 12.3 Å². The van der Waals surface area contributed by atoms with Crippen molar-refractivity contribution >= 4 is 11.4 Å². The molecule has 0 unspecified atom stereocenters. The number of nitrogens with zero attached hydrogens (tertiary/aromatic N) is 3. The van der Waals surface area contributed by atoms with Gasteiger partial charge in [-0.2, -0.15) is 0 Å². The lowest BCUT2D eigenvalue weighted by Crippen LogP contribution is -2.46. The molecular formula is C14H16FN3O2. The molecule has 2 rings (SSSR count). The zero-order valence-corrected chi connectivity index (χ0v) is 11.1. The van der Waals surface area contributed by atoms with E-state index in [4.69, 9.17) is 6.42 Å². The van der Waals surface area contributed by atoms with Crippen LogP contribution < -0.4 is 4.90 Å². The predicted octanol–water partition coefficient (Wildman–Crippen LogP) is 1.88. The van der Waals surface area contributed by atoms with Gasteiger partial charge in [0.15, 0.2) is 5.82 Å². The Hall–Kier alpha value is -2.13. The van der Waals surface area contributed by atoms with E-state index >= 15 is 0 Å². The van der Waals surface area contributed by atoms with Gasteiger partial charge in [0.05, 0.1) is 16.7 Å². The molecule has 1 aliphatic rings. The minimum Gasteiger partial charge on any atom is -0.367 e. The van der Waals surface area contributed by atoms with E-state index in [9.17, 15) is 14.5 Å². The van der Waals surface area contributed by atoms with E-state index in [0.717, 1.165) is 25.7 Å². The third-order valence-electron chi connectivity index (χ3n) is 3.43. The standard InChI is InChI=1S/C14H16FN3O2/c1-2-3-6-16-7-9-17(10-8-16)14-5-4-12(18(19)20)11-13(14)15/h1,4-5,11H,3,6-10H2. The fourth-order valence-electron chi connectivity index (χ4n) is 2.30. The summed E-state index contributed by atoms with van der Waals surface area (Å²) in [5, 5.41) is 10.6. The highest BCUT2D eigenvalue weighted by Gasteiger charge is 2.20. The van der Waals surface area contributed by atoms with Gasteiger partial charge in [-0.15, -0.1) is 12.3 Å². The first-order valence-electron chi connectivity index (χ1n) is 6.46. The zero-order chi connectivity index (χ0) is 14.5. The van der Waals surface area contributed by atoms with Crippen molar-refractivity contribution in [3.63, 3.8) is 0 Å². The van der Waals surface area contributed by atoms with Gasteiger partial charge in [0.1, 0.15) is 0 Å². The molecule has 0 aliphatic carbocycles. The van der Waals surface area contributed by atoms with E-state index in [1.165, 1.54) is 12.1 Å². The number of non-ortho nitro benzene ring substituents is 1. The van der Waals surface area contributed by atoms with Gasteiger partial charge in [0.2, 0.25) is 0 Å². The Morgan fingerprint density at radius 1 is 1.35 bits per heavy atom. The first-order valence-corrected chi connectivity index (χ1v) is 6.46. The van der Waals surface area contributed by atoms with Crippen molar-refractivity contribution in [1.29, 1.82) is 0 Å². The van der Waals surface area contributed by atoms with Gasteiger partial charge in [-0.05, 0) is 6.07 Å². The first-order chi connectivity index (χ1) is 9.61. The monoisotopic (exact) mass is 277 g/mol. The Bertz CT molecular complexity index is 534. The molecule has 0 radical (unpaired) electrons. The smallest absolute Gasteiger partial charge is 0.272 e. The highest BCUT2D eigenvalue weighted by atomic mass is 19.1. The van der Waals surface area contributed by atoms with E-state index in [-0.39, 0.29) is 5.69 Å². The molecule has 0 N–H and O–H groups in total. The van der Waals surface area contributed by atoms with Crippen LogP contribution in [-0.4, -0.2) is 42.5 Å². The first kappa shape index (κ1) is 14.3. The van der Waals surface area contributed by atoms with Crippen LogP contribution in [0.4, 0.5) is 15.8 Å². The molecule has 1 aromatic carbocycles. The Morgan fingerprint density at radius 3 is 2.60 bits per heavy atom. The molecule has 106 valence electrons. The summed E-state index contributed by atoms with van der Waals surface area (Å²) < 4.78 is 13.9. The van der Waals surface area contributed by atoms with Crippen LogP contribution >= 0.6 is 0 Å². The van der Waals surface area contributed by atoms with E-state index in [1.54, 1.807) is 0 Å². The number of piperazine rings is 1. The number of hydrogen-bond acceptors (Lipinski definition) is 4. The van der Waals surface area contributed by atoms with Crippen molar-refractivity contribution < 1.29 is 9.31 Å². The summed E-state index contributed by atoms with van der Waals surface area (Å²) in [6, 6.07) is 3.79. The molecule has 1 aromatic rings. The average Bonchev–Trinajstić information content (AvgIpc) is 2.45. The number of terminal acetylenes is 1. The fourth-order valence-corrected chi connectivity index (χ4v) is 2.30. The second-order valence-corrected chi connectivity index (χ2v) is 4.68. The van der Waals surface area contributed by atoms with Crippen molar-refractivity contribution in [1.82, 2.24) is 4.90 Å². The topological polar surface area (TPSA) is 49.6 Å². The van der Waals surface area contributed by atoms with Crippen molar-refractivity contribution in [2.75, 3.05) is 37.6 Å². The van der Waals surface area contributed by atoms with Gasteiger partial charge >= 0.3 is 0 Å². The molecule has 0 atom stereocenters. The summed E-state index contributed by atoms with van der Waals surface area (Å²) in [7, 11) is 0. The number of nitro benzene ring substituents is 1. The second-order valence-electron chi connectivity index (χ2n) is 4.68. The van der Waals surface area contributed by atoms with E-state index in [1.807, 2.05) is 4.90 Å². The second kappa shape index (κ2) is 6.35. The maximum absolute atomic E-state index is 13.9. The molecule has 1 aliphatic heterocycles. The van der Waals surface area contributed by atoms with Crippen LogP contribution in [0.15, 0.2) is 18.2 Å². The molecule has 6 heteroatoms. The predicted molar refractivity (Wildman–Crippen MR) is 75.2 cm³/mol. The van der Waals surface area contributed by atoms with Gasteiger partial charge < -0.3 is 4.90 Å². The summed E-state index contributed by atoms with van der Waals surface area (Å²) in [4.78, 5) is 14.1. The average molecular weight is 277 g/mol. The highest BCUT2D eigenvalue weighted by molar-refractivity contribution is 5.52. The molecule has 0 spiro atoms. The van der Waals surface area contributed by atoms with Crippen molar-refractivity contribution in [2.24, 2.45) is 0 Å². The third-order valence-corrected chi connectivity index (χ3v) is 3.43. The molecule has 0 saturated carbocycles. The molecule has 1 saturated heterocycles. The number of nitro groups is 1. The van der Waals surface area contributed by atoms with Crippen molar-refractivity contribution in [2.45, 2.75) is 6.42 Å². The number of rotatable bonds is 4. The minimum absolute atomic E-state index is 0.223. The van der Waals surface area contributed by atoms with Crippen LogP contribution in [0.2, 0.25) is 0 Å². The quantitative estimate of drug-likeness (QED) is 0.479. The third kappa shape index (κ3) is 3.25. The largest absolute Gasteiger partial charge is 0.367 e. The molecule has 5 nitrogen and oxygen atoms in total. The van der Waals surface area contributed by atoms with Crippen LogP contribution in [0, 0.1) is 28.3 Å². The number of hydrogen-bond donors (Lipinski definition) is 0. The normalized spacial score (nSPS) is 15.9. The molecular weight excluding hydrogens is 261 g/mol. The van der Waals surface area contributed by atoms with Crippen LogP contribution in [-0.2, 0) is 0 Å². The molecule has 0 aromatic heterocycles. The van der Waals surface area contributed by atoms with Crippen LogP contribution in [0.3, 0.4) is 0 Å². The highest BCUT2D eigenvalue weighted by Crippen LogP contribution is 2.24. The van der Waals surface area contributed by atoms with Gasteiger partial charge in [0, 0.05) is 45.2 Å². The lowest BCUT2D eigenvalue weighted by Gasteiger charge is -2.35. The Labute approximate surface area is 117 Å². The maximum atomic E-state index is 13.9. The fraction of sp³-hybridized carbons (Fsp3) is 0.429. The molecule has 0 amide bonds. The van der Waals surface area contributed by atoms with Gasteiger partial charge in [0.25, 0.3) is 5.69 Å². The van der Waals surface area contributed by atoms with Crippen LogP contribution in [0.1, 0.15) is 6.42 Å². The molecule has 20 heavy (non-hydrogen) atoms. The van der Waals surface area contributed by atoms with E-state index < -0.39 is 10.7 Å². The van der Waals surface area contributed by atoms with Gasteiger partial charge in [-0.1, -0.05) is 0 Å². The summed E-state index contributed by atoms with van der Waals surface area (Å²) >= 11 is 0. The van der Waals surface area contributed by atoms with Gasteiger partial charge in [-0.25, -0.2) is 4.39 Å². The zero-order valence-electron chi connectivity index (χ0n) is 11.1. The van der Waals surface area contributed by atoms with Gasteiger partial charge in [-0.3, -0.25) is 15.0 Å². The Kier molecular flexibility index (Phi) is 4.53. The van der Waals surface area contributed by atoms with E-state index in [2.05, 4.69) is 10.8 Å². The number of halogens is 1. The Balaban J connectivity index is 2.00. The lowest BCUT2D eigenvalue weighted by molar-refractivity contribution is -0.385. The van der Waals surface area contributed by atoms with Crippen molar-refractivity contribution in [3.05, 3.63) is 34.1 Å².